The van der Waals surface area contributed by atoms with Crippen molar-refractivity contribution in [2.24, 2.45) is 5.92 Å². The molecule has 98 valence electrons. The van der Waals surface area contributed by atoms with E-state index >= 15 is 0 Å². The highest BCUT2D eigenvalue weighted by molar-refractivity contribution is 5.87. The van der Waals surface area contributed by atoms with Crippen molar-refractivity contribution >= 4 is 12.0 Å². The lowest BCUT2D eigenvalue weighted by molar-refractivity contribution is -0.133. The van der Waals surface area contributed by atoms with Crippen molar-refractivity contribution < 1.29 is 9.90 Å². The third-order valence-corrected chi connectivity index (χ3v) is 2.86. The Morgan fingerprint density at radius 1 is 1.32 bits per heavy atom. The van der Waals surface area contributed by atoms with Crippen LogP contribution in [-0.2, 0) is 4.79 Å². The summed E-state index contributed by atoms with van der Waals surface area (Å²) in [6.45, 7) is 9.08. The summed E-state index contributed by atoms with van der Waals surface area (Å²) in [6, 6.07) is 9.76. The van der Waals surface area contributed by atoms with Gasteiger partial charge in [-0.2, -0.15) is 0 Å². The van der Waals surface area contributed by atoms with E-state index in [1.165, 1.54) is 0 Å². The van der Waals surface area contributed by atoms with Crippen molar-refractivity contribution in [1.82, 2.24) is 0 Å². The first-order chi connectivity index (χ1) is 9.06. The maximum absolute atomic E-state index is 11.0. The molecule has 0 aliphatic carbocycles. The first kappa shape index (κ1) is 14.7. The molecule has 0 saturated heterocycles. The number of hydrogen-bond donors (Lipinski definition) is 1. The Labute approximate surface area is 114 Å². The Bertz CT molecular complexity index is 521. The quantitative estimate of drug-likeness (QED) is 0.613. The number of rotatable bonds is 6. The predicted molar refractivity (Wildman–Crippen MR) is 79.7 cm³/mol. The summed E-state index contributed by atoms with van der Waals surface area (Å²) in [5, 5.41) is 9.02. The minimum Gasteiger partial charge on any atom is -0.478 e. The summed E-state index contributed by atoms with van der Waals surface area (Å²) >= 11 is 0. The van der Waals surface area contributed by atoms with E-state index in [0.717, 1.165) is 11.1 Å². The fraction of sp³-hybridized carbons (Fsp3) is 0.118. The first-order valence-corrected chi connectivity index (χ1v) is 6.04. The highest BCUT2D eigenvalue weighted by Crippen LogP contribution is 2.22. The normalized spacial score (nSPS) is 13.2. The van der Waals surface area contributed by atoms with Crippen LogP contribution in [0.5, 0.6) is 0 Å². The Morgan fingerprint density at radius 2 is 1.95 bits per heavy atom. The largest absolute Gasteiger partial charge is 0.478 e. The molecule has 0 amide bonds. The van der Waals surface area contributed by atoms with E-state index in [1.807, 2.05) is 49.4 Å². The molecular weight excluding hydrogens is 236 g/mol. The van der Waals surface area contributed by atoms with Gasteiger partial charge in [-0.15, -0.1) is 0 Å². The molecule has 0 radical (unpaired) electrons. The van der Waals surface area contributed by atoms with Crippen molar-refractivity contribution in [1.29, 1.82) is 0 Å². The summed E-state index contributed by atoms with van der Waals surface area (Å²) in [5.41, 5.74) is 2.09. The van der Waals surface area contributed by atoms with Crippen LogP contribution in [0.4, 0.5) is 0 Å². The molecule has 2 nitrogen and oxygen atoms in total. The van der Waals surface area contributed by atoms with Crippen LogP contribution in [0.1, 0.15) is 12.5 Å². The fourth-order valence-corrected chi connectivity index (χ4v) is 1.62. The molecule has 1 atom stereocenters. The van der Waals surface area contributed by atoms with Gasteiger partial charge in [-0.05, 0) is 11.1 Å². The molecule has 1 aromatic rings. The molecule has 2 heteroatoms. The van der Waals surface area contributed by atoms with Crippen LogP contribution >= 0.6 is 0 Å². The van der Waals surface area contributed by atoms with E-state index in [0.29, 0.717) is 0 Å². The molecule has 1 aromatic carbocycles. The second-order valence-electron chi connectivity index (χ2n) is 4.20. The average Bonchev–Trinajstić information content (AvgIpc) is 2.42. The summed E-state index contributed by atoms with van der Waals surface area (Å²) in [5.74, 6) is -1.23. The molecule has 19 heavy (non-hydrogen) atoms. The summed E-state index contributed by atoms with van der Waals surface area (Å²) < 4.78 is 0. The van der Waals surface area contributed by atoms with Crippen LogP contribution in [-0.4, -0.2) is 11.1 Å². The number of allylic oxidation sites excluding steroid dienone is 4. The number of carboxylic acids is 1. The summed E-state index contributed by atoms with van der Waals surface area (Å²) in [7, 11) is 0. The van der Waals surface area contributed by atoms with Crippen molar-refractivity contribution in [2.45, 2.75) is 6.92 Å². The van der Waals surface area contributed by atoms with E-state index < -0.39 is 5.97 Å². The third-order valence-electron chi connectivity index (χ3n) is 2.86. The third kappa shape index (κ3) is 4.43. The summed E-state index contributed by atoms with van der Waals surface area (Å²) in [6.07, 6.45) is 7.27. The molecule has 1 unspecified atom stereocenters. The second kappa shape index (κ2) is 7.17. The lowest BCUT2D eigenvalue weighted by atomic mass is 9.91. The Morgan fingerprint density at radius 3 is 2.47 bits per heavy atom. The molecule has 0 saturated carbocycles. The van der Waals surface area contributed by atoms with Crippen molar-refractivity contribution in [3.05, 3.63) is 78.4 Å². The predicted octanol–water partition coefficient (Wildman–Crippen LogP) is 4.09. The fourth-order valence-electron chi connectivity index (χ4n) is 1.62. The highest BCUT2D eigenvalue weighted by Gasteiger charge is 2.16. The van der Waals surface area contributed by atoms with Gasteiger partial charge in [0.1, 0.15) is 0 Å². The zero-order chi connectivity index (χ0) is 14.3. The van der Waals surface area contributed by atoms with Gasteiger partial charge in [0.25, 0.3) is 0 Å². The maximum Gasteiger partial charge on any atom is 0.331 e. The van der Waals surface area contributed by atoms with Gasteiger partial charge in [-0.3, -0.25) is 0 Å². The maximum atomic E-state index is 11.0. The molecule has 1 rings (SSSR count). The molecule has 0 heterocycles. The topological polar surface area (TPSA) is 37.3 Å². The van der Waals surface area contributed by atoms with Crippen LogP contribution < -0.4 is 0 Å². The minimum atomic E-state index is -0.974. The second-order valence-corrected chi connectivity index (χ2v) is 4.20. The lowest BCUT2D eigenvalue weighted by Crippen LogP contribution is -2.10. The van der Waals surface area contributed by atoms with Crippen LogP contribution in [0.15, 0.2) is 72.9 Å². The van der Waals surface area contributed by atoms with Crippen molar-refractivity contribution in [3.8, 4) is 0 Å². The zero-order valence-corrected chi connectivity index (χ0v) is 11.0. The molecule has 0 fully saturated rings. The van der Waals surface area contributed by atoms with E-state index in [-0.39, 0.29) is 11.5 Å². The zero-order valence-electron chi connectivity index (χ0n) is 11.0. The Kier molecular flexibility index (Phi) is 5.55. The van der Waals surface area contributed by atoms with E-state index in [1.54, 1.807) is 12.2 Å². The molecule has 1 N–H and O–H groups in total. The standard InChI is InChI=1S/C17H18O2/c1-4-5-11-16(13(2)14(3)17(18)19)12-15-9-7-6-8-10-15/h4-13H,1,3H2,2H3,(H,18,19). The SMILES string of the molecule is C=CC=CC(=Cc1ccccc1)C(C)C(=C)C(=O)O. The molecule has 0 aliphatic heterocycles. The lowest BCUT2D eigenvalue weighted by Gasteiger charge is -2.13. The van der Waals surface area contributed by atoms with Gasteiger partial charge < -0.3 is 5.11 Å². The number of aliphatic carboxylic acids is 1. The number of benzene rings is 1. The van der Waals surface area contributed by atoms with Crippen LogP contribution in [0.2, 0.25) is 0 Å². The average molecular weight is 254 g/mol. The van der Waals surface area contributed by atoms with Gasteiger partial charge in [0, 0.05) is 11.5 Å². The molecule has 0 spiro atoms. The van der Waals surface area contributed by atoms with Gasteiger partial charge in [0.2, 0.25) is 0 Å². The molecule has 0 aromatic heterocycles. The van der Waals surface area contributed by atoms with E-state index in [9.17, 15) is 4.79 Å². The van der Waals surface area contributed by atoms with E-state index in [4.69, 9.17) is 5.11 Å². The molecule has 0 bridgehead atoms. The smallest absolute Gasteiger partial charge is 0.331 e. The number of carbonyl (C=O) groups is 1. The van der Waals surface area contributed by atoms with Gasteiger partial charge in [0.05, 0.1) is 0 Å². The Balaban J connectivity index is 3.11. The van der Waals surface area contributed by atoms with Crippen molar-refractivity contribution in [3.63, 3.8) is 0 Å². The van der Waals surface area contributed by atoms with E-state index in [2.05, 4.69) is 13.2 Å². The number of hydrogen-bond acceptors (Lipinski definition) is 1. The van der Waals surface area contributed by atoms with Gasteiger partial charge in [-0.1, -0.05) is 74.7 Å². The minimum absolute atomic E-state index is 0.177. The highest BCUT2D eigenvalue weighted by atomic mass is 16.4. The van der Waals surface area contributed by atoms with Gasteiger partial charge in [0.15, 0.2) is 0 Å². The molecular formula is C17H18O2. The van der Waals surface area contributed by atoms with Gasteiger partial charge in [-0.25, -0.2) is 4.79 Å². The Hall–Kier alpha value is -2.35. The monoisotopic (exact) mass is 254 g/mol. The number of carboxylic acid groups (broad SMARTS) is 1. The van der Waals surface area contributed by atoms with Crippen molar-refractivity contribution in [2.75, 3.05) is 0 Å². The first-order valence-electron chi connectivity index (χ1n) is 6.04. The van der Waals surface area contributed by atoms with Crippen LogP contribution in [0.25, 0.3) is 6.08 Å². The molecule has 0 aliphatic rings. The summed E-state index contributed by atoms with van der Waals surface area (Å²) in [4.78, 5) is 11.0. The van der Waals surface area contributed by atoms with Crippen LogP contribution in [0, 0.1) is 5.92 Å². The van der Waals surface area contributed by atoms with Gasteiger partial charge >= 0.3 is 5.97 Å². The van der Waals surface area contributed by atoms with Crippen LogP contribution in [0.3, 0.4) is 0 Å².